The zero-order chi connectivity index (χ0) is 16.9. The molecule has 1 aliphatic heterocycles. The molecule has 0 spiro atoms. The summed E-state index contributed by atoms with van der Waals surface area (Å²) in [5.74, 6) is 3.68. The summed E-state index contributed by atoms with van der Waals surface area (Å²) in [6, 6.07) is 5.87. The summed E-state index contributed by atoms with van der Waals surface area (Å²) in [4.78, 5) is 6.76. The van der Waals surface area contributed by atoms with E-state index in [9.17, 15) is 0 Å². The lowest BCUT2D eigenvalue weighted by Crippen LogP contribution is -2.50. The van der Waals surface area contributed by atoms with Crippen molar-refractivity contribution in [2.75, 3.05) is 40.1 Å². The lowest BCUT2D eigenvalue weighted by Gasteiger charge is -2.39. The zero-order valence-electron chi connectivity index (χ0n) is 14.7. The SMILES string of the molecule is CN=C(NCc1ccc(OC)cc1OC)N1CCSC(C)(C)C1. The number of thioether (sulfide) groups is 1. The fraction of sp³-hybridized carbons (Fsp3) is 0.588. The monoisotopic (exact) mass is 337 g/mol. The maximum Gasteiger partial charge on any atom is 0.193 e. The van der Waals surface area contributed by atoms with Crippen molar-refractivity contribution < 1.29 is 9.47 Å². The molecule has 0 bridgehead atoms. The molecule has 1 N–H and O–H groups in total. The van der Waals surface area contributed by atoms with E-state index in [1.165, 1.54) is 0 Å². The minimum atomic E-state index is 0.258. The van der Waals surface area contributed by atoms with Crippen LogP contribution >= 0.6 is 11.8 Å². The second-order valence-corrected chi connectivity index (χ2v) is 7.91. The fourth-order valence-electron chi connectivity index (χ4n) is 2.70. The molecule has 0 aliphatic carbocycles. The third-order valence-electron chi connectivity index (χ3n) is 3.87. The molecule has 1 fully saturated rings. The van der Waals surface area contributed by atoms with Gasteiger partial charge in [0, 0.05) is 48.8 Å². The molecule has 0 radical (unpaired) electrons. The maximum absolute atomic E-state index is 5.46. The van der Waals surface area contributed by atoms with Crippen molar-refractivity contribution in [1.82, 2.24) is 10.2 Å². The Morgan fingerprint density at radius 2 is 2.13 bits per heavy atom. The van der Waals surface area contributed by atoms with Crippen LogP contribution in [0.25, 0.3) is 0 Å². The smallest absolute Gasteiger partial charge is 0.193 e. The Hall–Kier alpha value is -1.56. The van der Waals surface area contributed by atoms with Crippen molar-refractivity contribution >= 4 is 17.7 Å². The van der Waals surface area contributed by atoms with Gasteiger partial charge in [-0.1, -0.05) is 0 Å². The van der Waals surface area contributed by atoms with Gasteiger partial charge >= 0.3 is 0 Å². The molecule has 1 aliphatic rings. The lowest BCUT2D eigenvalue weighted by molar-refractivity contribution is 0.373. The van der Waals surface area contributed by atoms with E-state index in [2.05, 4.69) is 29.1 Å². The highest BCUT2D eigenvalue weighted by atomic mass is 32.2. The van der Waals surface area contributed by atoms with Crippen LogP contribution in [0.4, 0.5) is 0 Å². The molecule has 0 atom stereocenters. The van der Waals surface area contributed by atoms with Gasteiger partial charge in [0.2, 0.25) is 0 Å². The van der Waals surface area contributed by atoms with Gasteiger partial charge in [-0.2, -0.15) is 11.8 Å². The molecule has 1 aromatic carbocycles. The van der Waals surface area contributed by atoms with E-state index in [1.54, 1.807) is 14.2 Å². The number of nitrogens with zero attached hydrogens (tertiary/aromatic N) is 2. The van der Waals surface area contributed by atoms with Gasteiger partial charge in [0.05, 0.1) is 14.2 Å². The topological polar surface area (TPSA) is 46.1 Å². The van der Waals surface area contributed by atoms with Gasteiger partial charge in [-0.25, -0.2) is 0 Å². The quantitative estimate of drug-likeness (QED) is 0.676. The van der Waals surface area contributed by atoms with E-state index in [-0.39, 0.29) is 4.75 Å². The summed E-state index contributed by atoms with van der Waals surface area (Å²) in [6.07, 6.45) is 0. The fourth-order valence-corrected chi connectivity index (χ4v) is 3.81. The normalized spacial score (nSPS) is 17.8. The first-order valence-electron chi connectivity index (χ1n) is 7.79. The van der Waals surface area contributed by atoms with Gasteiger partial charge in [0.25, 0.3) is 0 Å². The Morgan fingerprint density at radius 3 is 2.74 bits per heavy atom. The molecule has 6 heteroatoms. The molecule has 0 aromatic heterocycles. The van der Waals surface area contributed by atoms with Crippen LogP contribution in [0.1, 0.15) is 19.4 Å². The predicted molar refractivity (Wildman–Crippen MR) is 97.9 cm³/mol. The van der Waals surface area contributed by atoms with Crippen molar-refractivity contribution in [3.63, 3.8) is 0 Å². The molecule has 1 aromatic rings. The molecular formula is C17H27N3O2S. The molecule has 1 saturated heterocycles. The van der Waals surface area contributed by atoms with Gasteiger partial charge in [-0.05, 0) is 26.0 Å². The highest BCUT2D eigenvalue weighted by molar-refractivity contribution is 8.00. The van der Waals surface area contributed by atoms with Crippen LogP contribution in [-0.4, -0.2) is 55.7 Å². The first-order chi connectivity index (χ1) is 11.0. The largest absolute Gasteiger partial charge is 0.497 e. The van der Waals surface area contributed by atoms with Crippen LogP contribution in [0, 0.1) is 0 Å². The predicted octanol–water partition coefficient (Wildman–Crippen LogP) is 2.61. The van der Waals surface area contributed by atoms with Crippen LogP contribution in [-0.2, 0) is 6.54 Å². The molecule has 23 heavy (non-hydrogen) atoms. The third kappa shape index (κ3) is 4.70. The highest BCUT2D eigenvalue weighted by Crippen LogP contribution is 2.29. The molecule has 0 saturated carbocycles. The van der Waals surface area contributed by atoms with E-state index >= 15 is 0 Å². The minimum Gasteiger partial charge on any atom is -0.497 e. The average molecular weight is 337 g/mol. The summed E-state index contributed by atoms with van der Waals surface area (Å²) in [6.45, 7) is 7.25. The minimum absolute atomic E-state index is 0.258. The summed E-state index contributed by atoms with van der Waals surface area (Å²) >= 11 is 2.02. The van der Waals surface area contributed by atoms with Gasteiger partial charge in [0.15, 0.2) is 5.96 Å². The zero-order valence-corrected chi connectivity index (χ0v) is 15.5. The summed E-state index contributed by atoms with van der Waals surface area (Å²) in [7, 11) is 5.17. The van der Waals surface area contributed by atoms with E-state index in [0.29, 0.717) is 6.54 Å². The molecule has 2 rings (SSSR count). The molecule has 1 heterocycles. The van der Waals surface area contributed by atoms with E-state index < -0.39 is 0 Å². The Kier molecular flexibility index (Phi) is 6.04. The molecule has 0 unspecified atom stereocenters. The van der Waals surface area contributed by atoms with Gasteiger partial charge in [-0.3, -0.25) is 4.99 Å². The summed E-state index contributed by atoms with van der Waals surface area (Å²) in [5.41, 5.74) is 1.08. The van der Waals surface area contributed by atoms with Gasteiger partial charge < -0.3 is 19.7 Å². The number of aliphatic imine (C=N–C) groups is 1. The Bertz CT molecular complexity index is 561. The van der Waals surface area contributed by atoms with Crippen LogP contribution in [0.2, 0.25) is 0 Å². The number of hydrogen-bond acceptors (Lipinski definition) is 4. The van der Waals surface area contributed by atoms with Gasteiger partial charge in [0.1, 0.15) is 11.5 Å². The van der Waals surface area contributed by atoms with Crippen LogP contribution in [0.5, 0.6) is 11.5 Å². The second-order valence-electron chi connectivity index (χ2n) is 6.11. The number of nitrogens with one attached hydrogen (secondary N) is 1. The summed E-state index contributed by atoms with van der Waals surface area (Å²) < 4.78 is 11.0. The number of guanidine groups is 1. The van der Waals surface area contributed by atoms with E-state index in [1.807, 2.05) is 37.0 Å². The van der Waals surface area contributed by atoms with Crippen molar-refractivity contribution in [2.45, 2.75) is 25.1 Å². The van der Waals surface area contributed by atoms with Crippen LogP contribution in [0.15, 0.2) is 23.2 Å². The number of hydrogen-bond donors (Lipinski definition) is 1. The first kappa shape index (κ1) is 17.8. The van der Waals surface area contributed by atoms with Crippen molar-refractivity contribution in [2.24, 2.45) is 4.99 Å². The number of rotatable bonds is 4. The summed E-state index contributed by atoms with van der Waals surface area (Å²) in [5, 5.41) is 3.45. The standard InChI is InChI=1S/C17H27N3O2S/c1-17(2)12-20(8-9-23-17)16(18-3)19-11-13-6-7-14(21-4)10-15(13)22-5/h6-7,10H,8-9,11-12H2,1-5H3,(H,18,19). The highest BCUT2D eigenvalue weighted by Gasteiger charge is 2.28. The van der Waals surface area contributed by atoms with E-state index in [0.717, 1.165) is 41.9 Å². The first-order valence-corrected chi connectivity index (χ1v) is 8.78. The van der Waals surface area contributed by atoms with Crippen LogP contribution < -0.4 is 14.8 Å². The Balaban J connectivity index is 2.03. The lowest BCUT2D eigenvalue weighted by atomic mass is 10.2. The molecule has 128 valence electrons. The number of methoxy groups -OCH3 is 2. The van der Waals surface area contributed by atoms with Gasteiger partial charge in [-0.15, -0.1) is 0 Å². The van der Waals surface area contributed by atoms with Crippen molar-refractivity contribution in [3.8, 4) is 11.5 Å². The second kappa shape index (κ2) is 7.81. The molecule has 5 nitrogen and oxygen atoms in total. The number of ether oxygens (including phenoxy) is 2. The Morgan fingerprint density at radius 1 is 1.35 bits per heavy atom. The number of benzene rings is 1. The molecular weight excluding hydrogens is 310 g/mol. The van der Waals surface area contributed by atoms with Crippen LogP contribution in [0.3, 0.4) is 0 Å². The van der Waals surface area contributed by atoms with Crippen molar-refractivity contribution in [3.05, 3.63) is 23.8 Å². The molecule has 0 amide bonds. The van der Waals surface area contributed by atoms with Crippen molar-refractivity contribution in [1.29, 1.82) is 0 Å². The van der Waals surface area contributed by atoms with E-state index in [4.69, 9.17) is 9.47 Å². The average Bonchev–Trinajstić information content (AvgIpc) is 2.54. The Labute approximate surface area is 143 Å². The maximum atomic E-state index is 5.46. The third-order valence-corrected chi connectivity index (χ3v) is 5.17.